The fourth-order valence-electron chi connectivity index (χ4n) is 3.17. The number of sulfonamides is 1. The van der Waals surface area contributed by atoms with Crippen molar-refractivity contribution < 1.29 is 22.3 Å². The van der Waals surface area contributed by atoms with E-state index in [1.807, 2.05) is 29.9 Å². The number of para-hydroxylation sites is 1. The zero-order chi connectivity index (χ0) is 22.7. The molecule has 3 aromatic rings. The molecule has 2 aromatic carbocycles. The van der Waals surface area contributed by atoms with E-state index < -0.39 is 26.6 Å². The highest BCUT2D eigenvalue weighted by molar-refractivity contribution is 7.99. The van der Waals surface area contributed by atoms with Crippen molar-refractivity contribution in [3.8, 4) is 0 Å². The van der Waals surface area contributed by atoms with Crippen molar-refractivity contribution in [1.29, 1.82) is 0 Å². The van der Waals surface area contributed by atoms with Crippen molar-refractivity contribution in [1.82, 2.24) is 13.9 Å². The number of ether oxygens (including phenoxy) is 1. The smallest absolute Gasteiger partial charge is 0.255 e. The van der Waals surface area contributed by atoms with Gasteiger partial charge in [-0.25, -0.2) is 17.8 Å². The van der Waals surface area contributed by atoms with Crippen LogP contribution in [0.5, 0.6) is 0 Å². The highest BCUT2D eigenvalue weighted by atomic mass is 32.2. The molecule has 32 heavy (non-hydrogen) atoms. The molecule has 2 heterocycles. The molecule has 0 unspecified atom stereocenters. The normalized spacial score (nSPS) is 14.9. The number of nitrogens with zero attached hydrogens (tertiary/aromatic N) is 3. The lowest BCUT2D eigenvalue weighted by atomic mass is 10.2. The monoisotopic (exact) mass is 476 g/mol. The summed E-state index contributed by atoms with van der Waals surface area (Å²) < 4.78 is 48.4. The summed E-state index contributed by atoms with van der Waals surface area (Å²) >= 11 is 1.38. The Labute approximate surface area is 189 Å². The van der Waals surface area contributed by atoms with Crippen molar-refractivity contribution >= 4 is 33.4 Å². The molecule has 1 aromatic heterocycles. The van der Waals surface area contributed by atoms with E-state index in [0.29, 0.717) is 5.69 Å². The minimum absolute atomic E-state index is 0.0371. The van der Waals surface area contributed by atoms with Crippen LogP contribution in [0.25, 0.3) is 0 Å². The van der Waals surface area contributed by atoms with Gasteiger partial charge in [0, 0.05) is 43.0 Å². The molecule has 1 saturated heterocycles. The molecule has 1 amide bonds. The maximum Gasteiger partial charge on any atom is 0.255 e. The zero-order valence-electron chi connectivity index (χ0n) is 17.2. The van der Waals surface area contributed by atoms with Gasteiger partial charge in [-0.1, -0.05) is 12.1 Å². The van der Waals surface area contributed by atoms with Crippen LogP contribution in [0.3, 0.4) is 0 Å². The molecule has 1 aliphatic heterocycles. The van der Waals surface area contributed by atoms with Crippen LogP contribution in [0.15, 0.2) is 69.8 Å². The van der Waals surface area contributed by atoms with Crippen molar-refractivity contribution in [2.45, 2.75) is 14.9 Å². The Balaban J connectivity index is 1.59. The first-order chi connectivity index (χ1) is 15.4. The third-order valence-corrected chi connectivity index (χ3v) is 7.96. The predicted molar refractivity (Wildman–Crippen MR) is 118 cm³/mol. The van der Waals surface area contributed by atoms with Gasteiger partial charge in [0.05, 0.1) is 18.9 Å². The number of aromatic nitrogens is 2. The lowest BCUT2D eigenvalue weighted by Gasteiger charge is -2.26. The summed E-state index contributed by atoms with van der Waals surface area (Å²) in [4.78, 5) is 17.4. The minimum atomic E-state index is -4.09. The number of carbonyl (C=O) groups is 1. The van der Waals surface area contributed by atoms with E-state index in [-0.39, 0.29) is 31.9 Å². The van der Waals surface area contributed by atoms with Crippen LogP contribution in [0.1, 0.15) is 10.4 Å². The van der Waals surface area contributed by atoms with Gasteiger partial charge in [-0.05, 0) is 42.1 Å². The van der Waals surface area contributed by atoms with Crippen molar-refractivity contribution in [3.05, 3.63) is 66.2 Å². The molecule has 0 spiro atoms. The number of hydrogen-bond donors (Lipinski definition) is 1. The number of aryl methyl sites for hydroxylation is 1. The molecule has 0 radical (unpaired) electrons. The number of amides is 1. The average molecular weight is 477 g/mol. The Bertz CT molecular complexity index is 1240. The number of hydrogen-bond acceptors (Lipinski definition) is 6. The lowest BCUT2D eigenvalue weighted by Crippen LogP contribution is -2.41. The number of anilines is 1. The molecule has 4 rings (SSSR count). The van der Waals surface area contributed by atoms with Gasteiger partial charge in [0.15, 0.2) is 5.16 Å². The molecule has 0 bridgehead atoms. The maximum atomic E-state index is 14.4. The molecule has 1 aliphatic rings. The van der Waals surface area contributed by atoms with Gasteiger partial charge < -0.3 is 14.6 Å². The van der Waals surface area contributed by atoms with Gasteiger partial charge in [0.25, 0.3) is 5.91 Å². The second-order valence-corrected chi connectivity index (χ2v) is 9.95. The summed E-state index contributed by atoms with van der Waals surface area (Å²) in [7, 11) is -2.22. The van der Waals surface area contributed by atoms with Crippen LogP contribution in [0.4, 0.5) is 10.1 Å². The third-order valence-electron chi connectivity index (χ3n) is 4.89. The summed E-state index contributed by atoms with van der Waals surface area (Å²) in [6.45, 7) is 0.753. The Kier molecular flexibility index (Phi) is 6.60. The van der Waals surface area contributed by atoms with Crippen LogP contribution in [-0.2, 0) is 21.8 Å². The van der Waals surface area contributed by atoms with Crippen LogP contribution in [0.2, 0.25) is 0 Å². The summed E-state index contributed by atoms with van der Waals surface area (Å²) in [5.41, 5.74) is 0.572. The van der Waals surface area contributed by atoms with E-state index in [1.54, 1.807) is 18.3 Å². The quantitative estimate of drug-likeness (QED) is 0.588. The van der Waals surface area contributed by atoms with Crippen LogP contribution < -0.4 is 5.32 Å². The number of benzene rings is 2. The van der Waals surface area contributed by atoms with Crippen molar-refractivity contribution in [3.63, 3.8) is 0 Å². The van der Waals surface area contributed by atoms with Crippen molar-refractivity contribution in [2.75, 3.05) is 31.6 Å². The molecular formula is C21H21FN4O4S2. The summed E-state index contributed by atoms with van der Waals surface area (Å²) in [5, 5.41) is 3.53. The number of halogens is 1. The fraction of sp³-hybridized carbons (Fsp3) is 0.238. The molecule has 0 atom stereocenters. The number of carbonyl (C=O) groups excluding carboxylic acids is 1. The number of morpholine rings is 1. The molecule has 11 heteroatoms. The molecule has 0 aliphatic carbocycles. The number of imidazole rings is 1. The first-order valence-electron chi connectivity index (χ1n) is 9.79. The van der Waals surface area contributed by atoms with Gasteiger partial charge in [0.1, 0.15) is 10.7 Å². The van der Waals surface area contributed by atoms with Crippen LogP contribution >= 0.6 is 11.8 Å². The van der Waals surface area contributed by atoms with Gasteiger partial charge in [0.2, 0.25) is 10.0 Å². The van der Waals surface area contributed by atoms with Crippen LogP contribution in [-0.4, -0.2) is 54.5 Å². The van der Waals surface area contributed by atoms with Gasteiger partial charge >= 0.3 is 0 Å². The SMILES string of the molecule is Cn1ccnc1Sc1ccccc1NC(=O)c1ccc(F)c(S(=O)(=O)N2CCOCC2)c1. The Morgan fingerprint density at radius 3 is 2.66 bits per heavy atom. The molecule has 168 valence electrons. The van der Waals surface area contributed by atoms with E-state index in [1.165, 1.54) is 17.8 Å². The lowest BCUT2D eigenvalue weighted by molar-refractivity contribution is 0.0729. The van der Waals surface area contributed by atoms with E-state index in [0.717, 1.165) is 26.5 Å². The second kappa shape index (κ2) is 9.41. The molecule has 0 saturated carbocycles. The van der Waals surface area contributed by atoms with Crippen molar-refractivity contribution in [2.24, 2.45) is 7.05 Å². The molecular weight excluding hydrogens is 455 g/mol. The van der Waals surface area contributed by atoms with Crippen LogP contribution in [0, 0.1) is 5.82 Å². The van der Waals surface area contributed by atoms with Gasteiger partial charge in [-0.15, -0.1) is 0 Å². The van der Waals surface area contributed by atoms with E-state index in [4.69, 9.17) is 4.74 Å². The van der Waals surface area contributed by atoms with Gasteiger partial charge in [-0.3, -0.25) is 4.79 Å². The van der Waals surface area contributed by atoms with E-state index in [2.05, 4.69) is 10.3 Å². The zero-order valence-corrected chi connectivity index (χ0v) is 18.8. The predicted octanol–water partition coefficient (Wildman–Crippen LogP) is 2.98. The molecule has 1 N–H and O–H groups in total. The summed E-state index contributed by atoms with van der Waals surface area (Å²) in [6.07, 6.45) is 3.50. The maximum absolute atomic E-state index is 14.4. The Morgan fingerprint density at radius 2 is 1.94 bits per heavy atom. The summed E-state index contributed by atoms with van der Waals surface area (Å²) in [6, 6.07) is 10.5. The minimum Gasteiger partial charge on any atom is -0.379 e. The second-order valence-electron chi connectivity index (χ2n) is 7.03. The Hall–Kier alpha value is -2.73. The van der Waals surface area contributed by atoms with E-state index >= 15 is 0 Å². The Morgan fingerprint density at radius 1 is 1.19 bits per heavy atom. The highest BCUT2D eigenvalue weighted by Gasteiger charge is 2.30. The highest BCUT2D eigenvalue weighted by Crippen LogP contribution is 2.32. The number of rotatable bonds is 6. The molecule has 8 nitrogen and oxygen atoms in total. The summed E-state index contributed by atoms with van der Waals surface area (Å²) in [5.74, 6) is -1.45. The number of nitrogens with one attached hydrogen (secondary N) is 1. The standard InChI is InChI=1S/C21H21FN4O4S2/c1-25-9-8-23-21(25)31-18-5-3-2-4-17(18)24-20(27)15-6-7-16(22)19(14-15)32(28,29)26-10-12-30-13-11-26/h2-9,14H,10-13H2,1H3,(H,24,27). The fourth-order valence-corrected chi connectivity index (χ4v) is 5.56. The average Bonchev–Trinajstić information content (AvgIpc) is 3.20. The topological polar surface area (TPSA) is 93.5 Å². The van der Waals surface area contributed by atoms with Gasteiger partial charge in [-0.2, -0.15) is 4.31 Å². The largest absolute Gasteiger partial charge is 0.379 e. The first-order valence-corrected chi connectivity index (χ1v) is 12.0. The first kappa shape index (κ1) is 22.5. The third kappa shape index (κ3) is 4.70. The molecule has 1 fully saturated rings. The van der Waals surface area contributed by atoms with E-state index in [9.17, 15) is 17.6 Å².